The van der Waals surface area contributed by atoms with Crippen LogP contribution in [-0.2, 0) is 19.5 Å². The highest BCUT2D eigenvalue weighted by Crippen LogP contribution is 2.31. The molecule has 5 nitrogen and oxygen atoms in total. The van der Waals surface area contributed by atoms with Gasteiger partial charge in [0.2, 0.25) is 0 Å². The molecular weight excluding hydrogens is 350 g/mol. The Morgan fingerprint density at radius 3 is 2.64 bits per heavy atom. The van der Waals surface area contributed by atoms with Crippen LogP contribution < -0.4 is 9.47 Å². The molecule has 144 valence electrons. The molecule has 2 heterocycles. The fourth-order valence-electron chi connectivity index (χ4n) is 3.71. The number of hydrogen-bond donors (Lipinski definition) is 0. The Labute approximate surface area is 166 Å². The number of hydrogen-bond acceptors (Lipinski definition) is 5. The van der Waals surface area contributed by atoms with E-state index in [2.05, 4.69) is 35.0 Å². The van der Waals surface area contributed by atoms with Crippen LogP contribution in [0.3, 0.4) is 0 Å². The van der Waals surface area contributed by atoms with Gasteiger partial charge in [0.05, 0.1) is 19.9 Å². The summed E-state index contributed by atoms with van der Waals surface area (Å²) in [6.45, 7) is 4.75. The van der Waals surface area contributed by atoms with Crippen molar-refractivity contribution in [1.82, 2.24) is 14.9 Å². The summed E-state index contributed by atoms with van der Waals surface area (Å²) in [5.74, 6) is 2.50. The van der Waals surface area contributed by atoms with Gasteiger partial charge in [-0.05, 0) is 18.6 Å². The minimum Gasteiger partial charge on any atom is -0.497 e. The summed E-state index contributed by atoms with van der Waals surface area (Å²) in [6, 6.07) is 14.2. The van der Waals surface area contributed by atoms with Gasteiger partial charge in [0.25, 0.3) is 0 Å². The molecule has 1 aromatic heterocycles. The predicted octanol–water partition coefficient (Wildman–Crippen LogP) is 4.03. The zero-order valence-electron chi connectivity index (χ0n) is 16.6. The molecule has 0 unspecified atom stereocenters. The molecule has 0 radical (unpaired) electrons. The molecule has 0 saturated carbocycles. The van der Waals surface area contributed by atoms with E-state index in [1.807, 2.05) is 30.5 Å². The Morgan fingerprint density at radius 2 is 1.89 bits per heavy atom. The molecule has 2 aromatic carbocycles. The third kappa shape index (κ3) is 3.71. The van der Waals surface area contributed by atoms with Gasteiger partial charge in [-0.15, -0.1) is 0 Å². The van der Waals surface area contributed by atoms with Crippen LogP contribution in [0.5, 0.6) is 11.5 Å². The minimum atomic E-state index is 0.806. The van der Waals surface area contributed by atoms with E-state index >= 15 is 0 Å². The third-order valence-corrected chi connectivity index (χ3v) is 5.29. The predicted molar refractivity (Wildman–Crippen MR) is 110 cm³/mol. The quantitative estimate of drug-likeness (QED) is 0.674. The Bertz CT molecular complexity index is 973. The molecule has 0 amide bonds. The molecule has 0 spiro atoms. The Balaban J connectivity index is 1.54. The zero-order valence-corrected chi connectivity index (χ0v) is 16.6. The van der Waals surface area contributed by atoms with Crippen LogP contribution in [0.4, 0.5) is 0 Å². The Hall–Kier alpha value is -2.92. The summed E-state index contributed by atoms with van der Waals surface area (Å²) < 4.78 is 11.0. The molecule has 3 aromatic rings. The van der Waals surface area contributed by atoms with Gasteiger partial charge in [-0.2, -0.15) is 0 Å². The maximum atomic E-state index is 5.61. The second-order valence-electron chi connectivity index (χ2n) is 7.12. The molecule has 0 saturated heterocycles. The van der Waals surface area contributed by atoms with Gasteiger partial charge in [0, 0.05) is 55.0 Å². The molecule has 4 rings (SSSR count). The van der Waals surface area contributed by atoms with Crippen LogP contribution in [0.2, 0.25) is 0 Å². The lowest BCUT2D eigenvalue weighted by atomic mass is 10.0. The molecule has 0 atom stereocenters. The molecule has 0 bridgehead atoms. The molecule has 1 aliphatic rings. The normalized spacial score (nSPS) is 13.8. The molecule has 5 heteroatoms. The average molecular weight is 375 g/mol. The third-order valence-electron chi connectivity index (χ3n) is 5.29. The van der Waals surface area contributed by atoms with Crippen molar-refractivity contribution in [3.63, 3.8) is 0 Å². The van der Waals surface area contributed by atoms with E-state index < -0.39 is 0 Å². The number of rotatable bonds is 5. The van der Waals surface area contributed by atoms with Crippen LogP contribution in [0.1, 0.15) is 22.4 Å². The van der Waals surface area contributed by atoms with E-state index in [9.17, 15) is 0 Å². The highest BCUT2D eigenvalue weighted by Gasteiger charge is 2.21. The van der Waals surface area contributed by atoms with Crippen LogP contribution in [0, 0.1) is 6.92 Å². The van der Waals surface area contributed by atoms with Crippen molar-refractivity contribution in [3.05, 3.63) is 71.0 Å². The SMILES string of the molecule is COc1cc(C)c(CN2CCc3nc(-c4ccccc4)ncc3C2)c(OC)c1. The van der Waals surface area contributed by atoms with E-state index in [0.29, 0.717) is 0 Å². The highest BCUT2D eigenvalue weighted by molar-refractivity contribution is 5.54. The molecule has 28 heavy (non-hydrogen) atoms. The van der Waals surface area contributed by atoms with Gasteiger partial charge in [-0.3, -0.25) is 4.90 Å². The van der Waals surface area contributed by atoms with Gasteiger partial charge in [-0.1, -0.05) is 30.3 Å². The second kappa shape index (κ2) is 7.98. The van der Waals surface area contributed by atoms with Crippen LogP contribution in [0.15, 0.2) is 48.7 Å². The lowest BCUT2D eigenvalue weighted by Gasteiger charge is -2.29. The van der Waals surface area contributed by atoms with Crippen LogP contribution >= 0.6 is 0 Å². The lowest BCUT2D eigenvalue weighted by Crippen LogP contribution is -2.31. The number of ether oxygens (including phenoxy) is 2. The number of aromatic nitrogens is 2. The van der Waals surface area contributed by atoms with Gasteiger partial charge < -0.3 is 9.47 Å². The maximum absolute atomic E-state index is 5.61. The largest absolute Gasteiger partial charge is 0.497 e. The fraction of sp³-hybridized carbons (Fsp3) is 0.304. The molecule has 0 aliphatic carbocycles. The number of fused-ring (bicyclic) bond motifs is 1. The van der Waals surface area contributed by atoms with E-state index in [-0.39, 0.29) is 0 Å². The lowest BCUT2D eigenvalue weighted by molar-refractivity contribution is 0.238. The van der Waals surface area contributed by atoms with Crippen molar-refractivity contribution in [3.8, 4) is 22.9 Å². The number of aryl methyl sites for hydroxylation is 1. The van der Waals surface area contributed by atoms with Gasteiger partial charge in [-0.25, -0.2) is 9.97 Å². The molecule has 0 fully saturated rings. The van der Waals surface area contributed by atoms with E-state index in [0.717, 1.165) is 54.6 Å². The molecular formula is C23H25N3O2. The first-order valence-corrected chi connectivity index (χ1v) is 9.52. The van der Waals surface area contributed by atoms with Gasteiger partial charge >= 0.3 is 0 Å². The van der Waals surface area contributed by atoms with Crippen molar-refractivity contribution in [2.24, 2.45) is 0 Å². The van der Waals surface area contributed by atoms with E-state index in [1.165, 1.54) is 16.7 Å². The van der Waals surface area contributed by atoms with Crippen LogP contribution in [0.25, 0.3) is 11.4 Å². The van der Waals surface area contributed by atoms with Gasteiger partial charge in [0.1, 0.15) is 11.5 Å². The number of benzene rings is 2. The second-order valence-corrected chi connectivity index (χ2v) is 7.12. The topological polar surface area (TPSA) is 47.5 Å². The smallest absolute Gasteiger partial charge is 0.159 e. The summed E-state index contributed by atoms with van der Waals surface area (Å²) in [4.78, 5) is 11.8. The summed E-state index contributed by atoms with van der Waals surface area (Å²) in [5.41, 5.74) is 5.80. The summed E-state index contributed by atoms with van der Waals surface area (Å²) >= 11 is 0. The van der Waals surface area contributed by atoms with E-state index in [4.69, 9.17) is 14.5 Å². The van der Waals surface area contributed by atoms with Gasteiger partial charge in [0.15, 0.2) is 5.82 Å². The Morgan fingerprint density at radius 1 is 1.07 bits per heavy atom. The van der Waals surface area contributed by atoms with Crippen molar-refractivity contribution < 1.29 is 9.47 Å². The van der Waals surface area contributed by atoms with Crippen molar-refractivity contribution in [1.29, 1.82) is 0 Å². The first-order chi connectivity index (χ1) is 13.7. The molecule has 1 aliphatic heterocycles. The fourth-order valence-corrected chi connectivity index (χ4v) is 3.71. The van der Waals surface area contributed by atoms with Crippen molar-refractivity contribution >= 4 is 0 Å². The zero-order chi connectivity index (χ0) is 19.5. The summed E-state index contributed by atoms with van der Waals surface area (Å²) in [7, 11) is 3.39. The Kier molecular flexibility index (Phi) is 5.26. The summed E-state index contributed by atoms with van der Waals surface area (Å²) in [5, 5.41) is 0. The average Bonchev–Trinajstić information content (AvgIpc) is 2.75. The number of nitrogens with zero attached hydrogens (tertiary/aromatic N) is 3. The monoisotopic (exact) mass is 375 g/mol. The van der Waals surface area contributed by atoms with Crippen LogP contribution in [-0.4, -0.2) is 35.6 Å². The standard InChI is InChI=1S/C23H25N3O2/c1-16-11-19(27-2)12-22(28-3)20(16)15-26-10-9-21-18(14-26)13-24-23(25-21)17-7-5-4-6-8-17/h4-8,11-13H,9-10,14-15H2,1-3H3. The maximum Gasteiger partial charge on any atom is 0.159 e. The van der Waals surface area contributed by atoms with E-state index in [1.54, 1.807) is 14.2 Å². The highest BCUT2D eigenvalue weighted by atomic mass is 16.5. The molecule has 0 N–H and O–H groups in total. The minimum absolute atomic E-state index is 0.806. The number of methoxy groups -OCH3 is 2. The first-order valence-electron chi connectivity index (χ1n) is 9.52. The van der Waals surface area contributed by atoms with Crippen molar-refractivity contribution in [2.75, 3.05) is 20.8 Å². The summed E-state index contributed by atoms with van der Waals surface area (Å²) in [6.07, 6.45) is 2.91. The first kappa shape index (κ1) is 18.4. The van der Waals surface area contributed by atoms with Crippen molar-refractivity contribution in [2.45, 2.75) is 26.4 Å².